The van der Waals surface area contributed by atoms with Gasteiger partial charge in [-0.2, -0.15) is 4.52 Å². The Balaban J connectivity index is 2.27. The summed E-state index contributed by atoms with van der Waals surface area (Å²) in [6, 6.07) is 5.73. The van der Waals surface area contributed by atoms with E-state index in [0.717, 1.165) is 28.0 Å². The van der Waals surface area contributed by atoms with Gasteiger partial charge >= 0.3 is 5.56 Å². The average Bonchev–Trinajstić information content (AvgIpc) is 2.75. The Morgan fingerprint density at radius 2 is 2.00 bits per heavy atom. The van der Waals surface area contributed by atoms with Crippen LogP contribution in [0.15, 0.2) is 23.0 Å². The summed E-state index contributed by atoms with van der Waals surface area (Å²) in [5.74, 6) is 0. The number of aromatic nitrogens is 4. The maximum atomic E-state index is 12.3. The first-order valence-electron chi connectivity index (χ1n) is 5.56. The van der Waals surface area contributed by atoms with Gasteiger partial charge < -0.3 is 0 Å². The third kappa shape index (κ3) is 2.02. The molecule has 3 rings (SSSR count). The van der Waals surface area contributed by atoms with Crippen molar-refractivity contribution in [2.24, 2.45) is 0 Å². The van der Waals surface area contributed by atoms with Gasteiger partial charge in [-0.3, -0.25) is 4.79 Å². The minimum Gasteiger partial charge on any atom is -0.265 e. The Hall–Kier alpha value is -1.79. The second kappa shape index (κ2) is 4.40. The molecule has 7 heteroatoms. The molecule has 0 saturated carbocycles. The molecule has 0 aliphatic rings. The topological polar surface area (TPSA) is 60.1 Å². The number of hydrogen-bond acceptors (Lipinski definition) is 5. The van der Waals surface area contributed by atoms with E-state index in [1.54, 1.807) is 0 Å². The molecule has 3 aromatic rings. The highest BCUT2D eigenvalue weighted by Gasteiger charge is 2.13. The van der Waals surface area contributed by atoms with Crippen LogP contribution in [-0.2, 0) is 0 Å². The van der Waals surface area contributed by atoms with Crippen LogP contribution in [0.5, 0.6) is 0 Å². The Morgan fingerprint density at radius 1 is 1.21 bits per heavy atom. The molecule has 0 bridgehead atoms. The van der Waals surface area contributed by atoms with Crippen molar-refractivity contribution >= 4 is 27.9 Å². The van der Waals surface area contributed by atoms with Crippen LogP contribution in [0.3, 0.4) is 0 Å². The van der Waals surface area contributed by atoms with Gasteiger partial charge in [-0.15, -0.1) is 15.3 Å². The number of hydrogen-bond donors (Lipinski definition) is 0. The number of benzene rings is 1. The minimum atomic E-state index is -0.309. The lowest BCUT2D eigenvalue weighted by Crippen LogP contribution is -2.19. The molecule has 0 N–H and O–H groups in total. The molecule has 96 valence electrons. The van der Waals surface area contributed by atoms with Gasteiger partial charge in [-0.25, -0.2) is 0 Å². The molecule has 0 aliphatic heterocycles. The van der Waals surface area contributed by atoms with Crippen molar-refractivity contribution in [1.29, 1.82) is 0 Å². The van der Waals surface area contributed by atoms with Crippen LogP contribution >= 0.6 is 22.9 Å². The molecule has 0 aliphatic carbocycles. The lowest BCUT2D eigenvalue weighted by Gasteiger charge is -2.03. The highest BCUT2D eigenvalue weighted by molar-refractivity contribution is 7.20. The number of fused-ring (bicyclic) bond motifs is 1. The van der Waals surface area contributed by atoms with Gasteiger partial charge in [0.05, 0.1) is 0 Å². The summed E-state index contributed by atoms with van der Waals surface area (Å²) >= 11 is 6.90. The molecule has 5 nitrogen and oxygen atoms in total. The summed E-state index contributed by atoms with van der Waals surface area (Å²) in [7, 11) is 0. The molecule has 0 fully saturated rings. The summed E-state index contributed by atoms with van der Waals surface area (Å²) in [4.78, 5) is 12.7. The van der Waals surface area contributed by atoms with E-state index in [1.807, 2.05) is 32.0 Å². The molecule has 0 amide bonds. The molecular formula is C12H9ClN4OS. The molecule has 0 atom stereocenters. The van der Waals surface area contributed by atoms with Gasteiger partial charge in [0, 0.05) is 5.56 Å². The van der Waals surface area contributed by atoms with E-state index >= 15 is 0 Å². The van der Waals surface area contributed by atoms with Crippen LogP contribution in [0, 0.1) is 13.8 Å². The van der Waals surface area contributed by atoms with Crippen LogP contribution in [-0.4, -0.2) is 19.8 Å². The van der Waals surface area contributed by atoms with Gasteiger partial charge in [0.25, 0.3) is 0 Å². The second-order valence-electron chi connectivity index (χ2n) is 4.20. The quantitative estimate of drug-likeness (QED) is 0.691. The molecule has 19 heavy (non-hydrogen) atoms. The molecule has 0 radical (unpaired) electrons. The molecule has 1 aromatic carbocycles. The third-order valence-electron chi connectivity index (χ3n) is 2.95. The first-order valence-corrected chi connectivity index (χ1v) is 6.75. The molecular weight excluding hydrogens is 284 g/mol. The minimum absolute atomic E-state index is 0.267. The fourth-order valence-electron chi connectivity index (χ4n) is 1.76. The zero-order valence-electron chi connectivity index (χ0n) is 10.2. The van der Waals surface area contributed by atoms with Crippen LogP contribution < -0.4 is 5.56 Å². The summed E-state index contributed by atoms with van der Waals surface area (Å²) in [6.07, 6.45) is 0. The number of nitrogens with zero attached hydrogens (tertiary/aromatic N) is 4. The van der Waals surface area contributed by atoms with Crippen molar-refractivity contribution in [2.45, 2.75) is 13.8 Å². The first-order chi connectivity index (χ1) is 9.06. The van der Waals surface area contributed by atoms with Crippen molar-refractivity contribution in [3.05, 3.63) is 44.1 Å². The number of aryl methyl sites for hydroxylation is 2. The fourth-order valence-corrected chi connectivity index (χ4v) is 2.61. The number of halogens is 1. The SMILES string of the molecule is Cc1ccc(-c2nnc3sc(Cl)nn3c2=O)cc1C. The number of rotatable bonds is 1. The van der Waals surface area contributed by atoms with Gasteiger partial charge in [-0.1, -0.05) is 23.5 Å². The highest BCUT2D eigenvalue weighted by atomic mass is 35.5. The third-order valence-corrected chi connectivity index (χ3v) is 3.94. The molecule has 0 unspecified atom stereocenters. The summed E-state index contributed by atoms with van der Waals surface area (Å²) in [5.41, 5.74) is 2.97. The molecule has 2 heterocycles. The van der Waals surface area contributed by atoms with Crippen LogP contribution in [0.4, 0.5) is 0 Å². The highest BCUT2D eigenvalue weighted by Crippen LogP contribution is 2.19. The van der Waals surface area contributed by atoms with E-state index in [0.29, 0.717) is 4.96 Å². The lowest BCUT2D eigenvalue weighted by molar-refractivity contribution is 0.859. The van der Waals surface area contributed by atoms with Crippen molar-refractivity contribution in [3.63, 3.8) is 0 Å². The van der Waals surface area contributed by atoms with Crippen molar-refractivity contribution in [2.75, 3.05) is 0 Å². The van der Waals surface area contributed by atoms with E-state index in [2.05, 4.69) is 15.3 Å². The van der Waals surface area contributed by atoms with E-state index in [9.17, 15) is 4.79 Å². The summed E-state index contributed by atoms with van der Waals surface area (Å²) in [6.45, 7) is 4.00. The van der Waals surface area contributed by atoms with Gasteiger partial charge in [0.2, 0.25) is 9.43 Å². The van der Waals surface area contributed by atoms with E-state index < -0.39 is 0 Å². The Morgan fingerprint density at radius 3 is 2.74 bits per heavy atom. The second-order valence-corrected chi connectivity index (χ2v) is 5.74. The van der Waals surface area contributed by atoms with Crippen molar-refractivity contribution in [3.8, 4) is 11.3 Å². The predicted molar refractivity (Wildman–Crippen MR) is 74.8 cm³/mol. The maximum Gasteiger partial charge on any atom is 0.302 e. The normalized spacial score (nSPS) is 11.1. The smallest absolute Gasteiger partial charge is 0.265 e. The van der Waals surface area contributed by atoms with E-state index in [-0.39, 0.29) is 15.7 Å². The van der Waals surface area contributed by atoms with Crippen molar-refractivity contribution < 1.29 is 0 Å². The molecule has 0 saturated heterocycles. The van der Waals surface area contributed by atoms with E-state index in [1.165, 1.54) is 4.52 Å². The molecule has 2 aromatic heterocycles. The van der Waals surface area contributed by atoms with Crippen LogP contribution in [0.2, 0.25) is 4.47 Å². The summed E-state index contributed by atoms with van der Waals surface area (Å²) < 4.78 is 1.45. The Bertz CT molecular complexity index is 839. The van der Waals surface area contributed by atoms with E-state index in [4.69, 9.17) is 11.6 Å². The molecule has 0 spiro atoms. The van der Waals surface area contributed by atoms with Gasteiger partial charge in [-0.05, 0) is 42.6 Å². The zero-order valence-corrected chi connectivity index (χ0v) is 11.8. The summed E-state index contributed by atoms with van der Waals surface area (Å²) in [5, 5.41) is 11.9. The lowest BCUT2D eigenvalue weighted by atomic mass is 10.0. The largest absolute Gasteiger partial charge is 0.302 e. The van der Waals surface area contributed by atoms with Gasteiger partial charge in [0.15, 0.2) is 5.69 Å². The average molecular weight is 293 g/mol. The maximum absolute atomic E-state index is 12.3. The monoisotopic (exact) mass is 292 g/mol. The fraction of sp³-hybridized carbons (Fsp3) is 0.167. The van der Waals surface area contributed by atoms with Crippen LogP contribution in [0.1, 0.15) is 11.1 Å². The standard InChI is InChI=1S/C12H9ClN4OS/c1-6-3-4-8(5-7(6)2)9-10(18)17-12(15-14-9)19-11(13)16-17/h3-5H,1-2H3. The Kier molecular flexibility index (Phi) is 2.83. The first kappa shape index (κ1) is 12.3. The van der Waals surface area contributed by atoms with Crippen molar-refractivity contribution in [1.82, 2.24) is 19.8 Å². The van der Waals surface area contributed by atoms with Crippen LogP contribution in [0.25, 0.3) is 16.2 Å². The van der Waals surface area contributed by atoms with Gasteiger partial charge in [0.1, 0.15) is 0 Å². The predicted octanol–water partition coefficient (Wildman–Crippen LogP) is 2.48. The zero-order chi connectivity index (χ0) is 13.6. The Labute approximate surface area is 117 Å².